The SMILES string of the molecule is COc1ccc(-n2nc(C(=O)Nc3ccccc3F)nc2-c2ccccc2)cc1. The van der Waals surface area contributed by atoms with Gasteiger partial charge in [-0.1, -0.05) is 42.5 Å². The first-order valence-corrected chi connectivity index (χ1v) is 8.88. The smallest absolute Gasteiger partial charge is 0.295 e. The first kappa shape index (κ1) is 18.4. The molecule has 3 aromatic carbocycles. The summed E-state index contributed by atoms with van der Waals surface area (Å²) in [5, 5.41) is 6.88. The Morgan fingerprint density at radius 2 is 1.66 bits per heavy atom. The van der Waals surface area contributed by atoms with E-state index in [1.807, 2.05) is 42.5 Å². The van der Waals surface area contributed by atoms with Crippen LogP contribution in [0.25, 0.3) is 17.1 Å². The summed E-state index contributed by atoms with van der Waals surface area (Å²) in [7, 11) is 1.59. The number of rotatable bonds is 5. The van der Waals surface area contributed by atoms with Crippen molar-refractivity contribution >= 4 is 11.6 Å². The minimum atomic E-state index is -0.598. The molecule has 4 aromatic rings. The van der Waals surface area contributed by atoms with Gasteiger partial charge >= 0.3 is 0 Å². The number of carbonyl (C=O) groups is 1. The molecular formula is C22H17FN4O2. The molecule has 0 aliphatic heterocycles. The normalized spacial score (nSPS) is 10.6. The molecular weight excluding hydrogens is 371 g/mol. The number of halogens is 1. The Hall–Kier alpha value is -4.00. The van der Waals surface area contributed by atoms with E-state index in [0.29, 0.717) is 17.3 Å². The molecule has 0 unspecified atom stereocenters. The maximum atomic E-state index is 13.9. The van der Waals surface area contributed by atoms with Crippen LogP contribution in [0.3, 0.4) is 0 Å². The van der Waals surface area contributed by atoms with Crippen molar-refractivity contribution in [3.63, 3.8) is 0 Å². The second-order valence-corrected chi connectivity index (χ2v) is 6.17. The van der Waals surface area contributed by atoms with Gasteiger partial charge in [0.2, 0.25) is 5.82 Å². The number of hydrogen-bond donors (Lipinski definition) is 1. The monoisotopic (exact) mass is 388 g/mol. The molecule has 0 spiro atoms. The fraction of sp³-hybridized carbons (Fsp3) is 0.0455. The molecule has 0 aliphatic rings. The Balaban J connectivity index is 1.75. The van der Waals surface area contributed by atoms with Crippen molar-refractivity contribution in [3.8, 4) is 22.8 Å². The lowest BCUT2D eigenvalue weighted by molar-refractivity contribution is 0.101. The Bertz CT molecular complexity index is 1140. The predicted molar refractivity (Wildman–Crippen MR) is 108 cm³/mol. The number of amides is 1. The number of anilines is 1. The average molecular weight is 388 g/mol. The van der Waals surface area contributed by atoms with Gasteiger partial charge < -0.3 is 10.1 Å². The van der Waals surface area contributed by atoms with Crippen molar-refractivity contribution < 1.29 is 13.9 Å². The summed E-state index contributed by atoms with van der Waals surface area (Å²) >= 11 is 0. The second kappa shape index (κ2) is 7.93. The largest absolute Gasteiger partial charge is 0.497 e. The lowest BCUT2D eigenvalue weighted by Gasteiger charge is -2.07. The fourth-order valence-electron chi connectivity index (χ4n) is 2.83. The zero-order chi connectivity index (χ0) is 20.2. The fourth-order valence-corrected chi connectivity index (χ4v) is 2.83. The summed E-state index contributed by atoms with van der Waals surface area (Å²) in [6.45, 7) is 0. The van der Waals surface area contributed by atoms with Crippen molar-refractivity contribution in [2.45, 2.75) is 0 Å². The van der Waals surface area contributed by atoms with E-state index in [1.165, 1.54) is 12.1 Å². The maximum absolute atomic E-state index is 13.9. The predicted octanol–water partition coefficient (Wildman–Crippen LogP) is 4.33. The van der Waals surface area contributed by atoms with Crippen molar-refractivity contribution in [2.75, 3.05) is 12.4 Å². The van der Waals surface area contributed by atoms with Gasteiger partial charge in [-0.25, -0.2) is 14.1 Å². The first-order chi connectivity index (χ1) is 14.2. The van der Waals surface area contributed by atoms with Crippen molar-refractivity contribution in [3.05, 3.63) is 90.5 Å². The minimum Gasteiger partial charge on any atom is -0.497 e. The van der Waals surface area contributed by atoms with E-state index in [0.717, 1.165) is 5.56 Å². The molecule has 0 bridgehead atoms. The summed E-state index contributed by atoms with van der Waals surface area (Å²) in [6.07, 6.45) is 0. The highest BCUT2D eigenvalue weighted by atomic mass is 19.1. The van der Waals surface area contributed by atoms with Gasteiger partial charge in [-0.15, -0.1) is 5.10 Å². The van der Waals surface area contributed by atoms with Gasteiger partial charge in [-0.3, -0.25) is 4.79 Å². The lowest BCUT2D eigenvalue weighted by atomic mass is 10.2. The van der Waals surface area contributed by atoms with E-state index in [9.17, 15) is 9.18 Å². The zero-order valence-electron chi connectivity index (χ0n) is 15.5. The van der Waals surface area contributed by atoms with Crippen LogP contribution in [0.1, 0.15) is 10.6 Å². The molecule has 29 heavy (non-hydrogen) atoms. The zero-order valence-corrected chi connectivity index (χ0v) is 15.5. The van der Waals surface area contributed by atoms with Gasteiger partial charge in [0.25, 0.3) is 5.91 Å². The summed E-state index contributed by atoms with van der Waals surface area (Å²) in [4.78, 5) is 17.1. The molecule has 1 aromatic heterocycles. The van der Waals surface area contributed by atoms with Crippen LogP contribution in [-0.4, -0.2) is 27.8 Å². The molecule has 6 nitrogen and oxygen atoms in total. The van der Waals surface area contributed by atoms with Gasteiger partial charge in [0.1, 0.15) is 11.6 Å². The molecule has 0 atom stereocenters. The lowest BCUT2D eigenvalue weighted by Crippen LogP contribution is -2.15. The molecule has 4 rings (SSSR count). The van der Waals surface area contributed by atoms with Gasteiger partial charge in [0, 0.05) is 5.56 Å². The van der Waals surface area contributed by atoms with Crippen LogP contribution in [0, 0.1) is 5.82 Å². The van der Waals surface area contributed by atoms with Gasteiger partial charge in [0.05, 0.1) is 18.5 Å². The number of benzene rings is 3. The molecule has 0 fully saturated rings. The highest BCUT2D eigenvalue weighted by molar-refractivity contribution is 6.01. The Morgan fingerprint density at radius 1 is 0.966 bits per heavy atom. The minimum absolute atomic E-state index is 0.0667. The van der Waals surface area contributed by atoms with Crippen LogP contribution >= 0.6 is 0 Å². The number of carbonyl (C=O) groups excluding carboxylic acids is 1. The van der Waals surface area contributed by atoms with E-state index in [-0.39, 0.29) is 11.5 Å². The van der Waals surface area contributed by atoms with Crippen molar-refractivity contribution in [1.82, 2.24) is 14.8 Å². The standard InChI is InChI=1S/C22H17FN4O2/c1-29-17-13-11-16(12-14-17)27-21(15-7-3-2-4-8-15)25-20(26-27)22(28)24-19-10-6-5-9-18(19)23/h2-14H,1H3,(H,24,28). The van der Waals surface area contributed by atoms with Crippen LogP contribution in [0.15, 0.2) is 78.9 Å². The number of aromatic nitrogens is 3. The highest BCUT2D eigenvalue weighted by Crippen LogP contribution is 2.23. The maximum Gasteiger partial charge on any atom is 0.295 e. The number of hydrogen-bond acceptors (Lipinski definition) is 4. The van der Waals surface area contributed by atoms with E-state index >= 15 is 0 Å². The quantitative estimate of drug-likeness (QED) is 0.552. The number of para-hydroxylation sites is 1. The molecule has 144 valence electrons. The molecule has 1 heterocycles. The second-order valence-electron chi connectivity index (χ2n) is 6.17. The third-order valence-corrected chi connectivity index (χ3v) is 4.28. The summed E-state index contributed by atoms with van der Waals surface area (Å²) < 4.78 is 20.6. The topological polar surface area (TPSA) is 69.0 Å². The number of nitrogens with zero attached hydrogens (tertiary/aromatic N) is 3. The van der Waals surface area contributed by atoms with Crippen molar-refractivity contribution in [2.24, 2.45) is 0 Å². The van der Waals surface area contributed by atoms with Crippen LogP contribution < -0.4 is 10.1 Å². The van der Waals surface area contributed by atoms with Crippen molar-refractivity contribution in [1.29, 1.82) is 0 Å². The van der Waals surface area contributed by atoms with Crippen LogP contribution in [0.4, 0.5) is 10.1 Å². The van der Waals surface area contributed by atoms with Crippen LogP contribution in [0.5, 0.6) is 5.75 Å². The van der Waals surface area contributed by atoms with E-state index in [2.05, 4.69) is 15.4 Å². The molecule has 0 radical (unpaired) electrons. The van der Waals surface area contributed by atoms with Gasteiger partial charge in [0.15, 0.2) is 5.82 Å². The third kappa shape index (κ3) is 3.84. The highest BCUT2D eigenvalue weighted by Gasteiger charge is 2.19. The molecule has 0 aliphatic carbocycles. The Morgan fingerprint density at radius 3 is 2.34 bits per heavy atom. The average Bonchev–Trinajstić information content (AvgIpc) is 3.22. The van der Waals surface area contributed by atoms with E-state index in [1.54, 1.807) is 36.1 Å². The summed E-state index contributed by atoms with van der Waals surface area (Å²) in [5.74, 6) is 0.00304. The van der Waals surface area contributed by atoms with Gasteiger partial charge in [-0.2, -0.15) is 0 Å². The summed E-state index contributed by atoms with van der Waals surface area (Å²) in [6, 6.07) is 22.6. The number of methoxy groups -OCH3 is 1. The first-order valence-electron chi connectivity index (χ1n) is 8.88. The molecule has 0 saturated heterocycles. The van der Waals surface area contributed by atoms with E-state index < -0.39 is 11.7 Å². The number of ether oxygens (including phenoxy) is 1. The Labute approximate surface area is 166 Å². The molecule has 7 heteroatoms. The molecule has 0 saturated carbocycles. The molecule has 1 N–H and O–H groups in total. The third-order valence-electron chi connectivity index (χ3n) is 4.28. The number of nitrogens with one attached hydrogen (secondary N) is 1. The van der Waals surface area contributed by atoms with Crippen LogP contribution in [0.2, 0.25) is 0 Å². The Kier molecular flexibility index (Phi) is 5.03. The summed E-state index contributed by atoms with van der Waals surface area (Å²) in [5.41, 5.74) is 1.57. The molecule has 1 amide bonds. The van der Waals surface area contributed by atoms with Crippen LogP contribution in [-0.2, 0) is 0 Å². The van der Waals surface area contributed by atoms with Gasteiger partial charge in [-0.05, 0) is 36.4 Å². The van der Waals surface area contributed by atoms with E-state index in [4.69, 9.17) is 4.74 Å².